The van der Waals surface area contributed by atoms with E-state index in [2.05, 4.69) is 21.2 Å². The van der Waals surface area contributed by atoms with E-state index in [0.717, 1.165) is 22.2 Å². The van der Waals surface area contributed by atoms with Crippen LogP contribution in [0, 0.1) is 0 Å². The van der Waals surface area contributed by atoms with Gasteiger partial charge in [-0.15, -0.1) is 0 Å². The standard InChI is InChI=1S/C21H25BrN2O6S/c1-4-21(2,3)30-20(29)17(14(26)11-22)24-18(28)16(19(24)31-12-25)23-15(27)10-13-8-6-5-7-9-13/h5-9,12,16,19,26H,4,10-11H2,1-3H3,(H,23,27). The van der Waals surface area contributed by atoms with Crippen LogP contribution in [-0.4, -0.2) is 55.8 Å². The van der Waals surface area contributed by atoms with Gasteiger partial charge in [-0.25, -0.2) is 4.79 Å². The number of nitrogens with one attached hydrogen (secondary N) is 1. The number of nitrogens with zero attached hydrogens (tertiary/aromatic N) is 1. The topological polar surface area (TPSA) is 113 Å². The summed E-state index contributed by atoms with van der Waals surface area (Å²) in [6, 6.07) is 7.98. The number of β-lactam (4-membered cyclic amide) rings is 1. The molecule has 1 aliphatic heterocycles. The number of carbonyl (C=O) groups is 4. The number of aliphatic hydroxyl groups excluding tert-OH is 1. The second-order valence-corrected chi connectivity index (χ2v) is 8.98. The number of halogens is 1. The molecule has 8 nitrogen and oxygen atoms in total. The Bertz CT molecular complexity index is 874. The van der Waals surface area contributed by atoms with E-state index in [0.29, 0.717) is 12.0 Å². The van der Waals surface area contributed by atoms with Crippen molar-refractivity contribution in [2.75, 3.05) is 5.33 Å². The second kappa shape index (κ2) is 10.8. The molecular formula is C21H25BrN2O6S. The summed E-state index contributed by atoms with van der Waals surface area (Å²) in [7, 11) is 0. The predicted octanol–water partition coefficient (Wildman–Crippen LogP) is 2.70. The molecule has 0 aromatic heterocycles. The Kier molecular flexibility index (Phi) is 8.69. The predicted molar refractivity (Wildman–Crippen MR) is 121 cm³/mol. The van der Waals surface area contributed by atoms with Gasteiger partial charge in [0.25, 0.3) is 5.91 Å². The third-order valence-corrected chi connectivity index (χ3v) is 6.22. The van der Waals surface area contributed by atoms with Crippen LogP contribution in [0.5, 0.6) is 0 Å². The van der Waals surface area contributed by atoms with E-state index >= 15 is 0 Å². The number of rotatable bonds is 10. The molecule has 168 valence electrons. The number of benzene rings is 1. The molecule has 1 heterocycles. The van der Waals surface area contributed by atoms with Crippen LogP contribution in [0.2, 0.25) is 0 Å². The number of alkyl halides is 1. The molecule has 1 fully saturated rings. The summed E-state index contributed by atoms with van der Waals surface area (Å²) >= 11 is 3.80. The maximum atomic E-state index is 12.8. The number of carbonyl (C=O) groups excluding carboxylic acids is 4. The van der Waals surface area contributed by atoms with Crippen molar-refractivity contribution in [1.82, 2.24) is 10.2 Å². The Labute approximate surface area is 193 Å². The zero-order valence-corrected chi connectivity index (χ0v) is 19.9. The van der Waals surface area contributed by atoms with Crippen molar-refractivity contribution in [2.24, 2.45) is 0 Å². The van der Waals surface area contributed by atoms with Crippen LogP contribution in [0.4, 0.5) is 0 Å². The number of allylic oxidation sites excluding steroid dienone is 1. The van der Waals surface area contributed by atoms with Crippen LogP contribution in [0.3, 0.4) is 0 Å². The summed E-state index contributed by atoms with van der Waals surface area (Å²) in [5.41, 5.74) is 0.117. The van der Waals surface area contributed by atoms with Gasteiger partial charge in [0, 0.05) is 0 Å². The van der Waals surface area contributed by atoms with Gasteiger partial charge in [0.15, 0.2) is 11.3 Å². The average molecular weight is 513 g/mol. The highest BCUT2D eigenvalue weighted by molar-refractivity contribution is 9.09. The normalized spacial score (nSPS) is 19.2. The van der Waals surface area contributed by atoms with Gasteiger partial charge in [0.2, 0.25) is 5.91 Å². The van der Waals surface area contributed by atoms with Crippen molar-refractivity contribution in [2.45, 2.75) is 50.6 Å². The van der Waals surface area contributed by atoms with E-state index in [4.69, 9.17) is 4.74 Å². The summed E-state index contributed by atoms with van der Waals surface area (Å²) in [5, 5.41) is 11.9. The molecule has 0 saturated carbocycles. The highest BCUT2D eigenvalue weighted by atomic mass is 79.9. The molecule has 1 aromatic carbocycles. The first kappa shape index (κ1) is 24.9. The molecule has 0 radical (unpaired) electrons. The lowest BCUT2D eigenvalue weighted by molar-refractivity contribution is -0.160. The molecule has 1 aromatic rings. The number of hydrogen-bond acceptors (Lipinski definition) is 7. The number of hydrogen-bond donors (Lipinski definition) is 2. The molecule has 31 heavy (non-hydrogen) atoms. The van der Waals surface area contributed by atoms with E-state index in [9.17, 15) is 24.3 Å². The van der Waals surface area contributed by atoms with Crippen LogP contribution in [-0.2, 0) is 30.3 Å². The first-order chi connectivity index (χ1) is 14.6. The van der Waals surface area contributed by atoms with E-state index < -0.39 is 40.6 Å². The van der Waals surface area contributed by atoms with E-state index in [1.165, 1.54) is 0 Å². The third-order valence-electron chi connectivity index (χ3n) is 4.82. The van der Waals surface area contributed by atoms with Gasteiger partial charge in [-0.1, -0.05) is 64.9 Å². The van der Waals surface area contributed by atoms with Crippen molar-refractivity contribution in [1.29, 1.82) is 0 Å². The lowest BCUT2D eigenvalue weighted by Gasteiger charge is -2.46. The van der Waals surface area contributed by atoms with E-state index in [1.54, 1.807) is 38.1 Å². The van der Waals surface area contributed by atoms with Crippen molar-refractivity contribution >= 4 is 51.1 Å². The molecule has 0 aliphatic carbocycles. The zero-order chi connectivity index (χ0) is 23.2. The quantitative estimate of drug-likeness (QED) is 0.124. The first-order valence-corrected chi connectivity index (χ1v) is 11.7. The van der Waals surface area contributed by atoms with E-state index in [1.807, 2.05) is 13.0 Å². The van der Waals surface area contributed by atoms with Gasteiger partial charge in [-0.05, 0) is 25.8 Å². The van der Waals surface area contributed by atoms with Crippen molar-refractivity contribution in [3.63, 3.8) is 0 Å². The molecule has 1 aliphatic rings. The maximum Gasteiger partial charge on any atom is 0.359 e. The summed E-state index contributed by atoms with van der Waals surface area (Å²) in [4.78, 5) is 50.2. The number of amides is 2. The highest BCUT2D eigenvalue weighted by Crippen LogP contribution is 2.35. The maximum absolute atomic E-state index is 12.8. The third kappa shape index (κ3) is 6.10. The monoisotopic (exact) mass is 512 g/mol. The van der Waals surface area contributed by atoms with Gasteiger partial charge in [0.05, 0.1) is 11.8 Å². The minimum absolute atomic E-state index is 0.0607. The number of ether oxygens (including phenoxy) is 1. The SMILES string of the molecule is CCC(C)(C)OC(=O)C(=C(O)CBr)N1C(=O)C(NC(=O)Cc2ccccc2)C1SC=O. The minimum Gasteiger partial charge on any atom is -0.509 e. The second-order valence-electron chi connectivity index (χ2n) is 7.47. The zero-order valence-electron chi connectivity index (χ0n) is 17.5. The van der Waals surface area contributed by atoms with Crippen LogP contribution < -0.4 is 5.32 Å². The van der Waals surface area contributed by atoms with Crippen molar-refractivity contribution in [3.05, 3.63) is 47.4 Å². The Balaban J connectivity index is 2.22. The smallest absolute Gasteiger partial charge is 0.359 e. The fourth-order valence-corrected chi connectivity index (χ4v) is 3.88. The largest absolute Gasteiger partial charge is 0.509 e. The minimum atomic E-state index is -1.02. The van der Waals surface area contributed by atoms with Crippen molar-refractivity contribution < 1.29 is 29.0 Å². The van der Waals surface area contributed by atoms with E-state index in [-0.39, 0.29) is 17.4 Å². The van der Waals surface area contributed by atoms with Crippen LogP contribution in [0.15, 0.2) is 41.8 Å². The van der Waals surface area contributed by atoms with Crippen LogP contribution >= 0.6 is 27.7 Å². The lowest BCUT2D eigenvalue weighted by atomic mass is 10.0. The molecule has 2 N–H and O–H groups in total. The van der Waals surface area contributed by atoms with Gasteiger partial charge in [0.1, 0.15) is 22.8 Å². The number of aliphatic hydroxyl groups is 1. The molecule has 2 rings (SSSR count). The Hall–Kier alpha value is -2.33. The molecule has 1 saturated heterocycles. The Morgan fingerprint density at radius 3 is 2.52 bits per heavy atom. The van der Waals surface area contributed by atoms with Crippen molar-refractivity contribution in [3.8, 4) is 0 Å². The molecule has 10 heteroatoms. The number of thioether (sulfide) groups is 1. The molecular weight excluding hydrogens is 488 g/mol. The fraction of sp³-hybridized carbons (Fsp3) is 0.429. The number of esters is 1. The number of likely N-dealkylation sites (tertiary alicyclic amines) is 1. The van der Waals surface area contributed by atoms with Gasteiger partial charge < -0.3 is 15.2 Å². The summed E-state index contributed by atoms with van der Waals surface area (Å²) < 4.78 is 5.44. The van der Waals surface area contributed by atoms with Gasteiger partial charge >= 0.3 is 5.97 Å². The molecule has 0 spiro atoms. The van der Waals surface area contributed by atoms with Crippen LogP contribution in [0.25, 0.3) is 0 Å². The first-order valence-electron chi connectivity index (χ1n) is 9.62. The Morgan fingerprint density at radius 1 is 1.32 bits per heavy atom. The summed E-state index contributed by atoms with van der Waals surface area (Å²) in [6.07, 6.45) is 0.574. The molecule has 0 bridgehead atoms. The molecule has 2 unspecified atom stereocenters. The summed E-state index contributed by atoms with van der Waals surface area (Å²) in [6.45, 7) is 5.24. The molecule has 2 amide bonds. The Morgan fingerprint density at radius 2 is 1.97 bits per heavy atom. The molecule has 2 atom stereocenters. The average Bonchev–Trinajstić information content (AvgIpc) is 2.74. The fourth-order valence-electron chi connectivity index (χ4n) is 2.83. The highest BCUT2D eigenvalue weighted by Gasteiger charge is 2.53. The lowest BCUT2D eigenvalue weighted by Crippen LogP contribution is -2.69. The van der Waals surface area contributed by atoms with Crippen LogP contribution in [0.1, 0.15) is 32.8 Å². The summed E-state index contributed by atoms with van der Waals surface area (Å²) in [5.74, 6) is -2.31. The van der Waals surface area contributed by atoms with Gasteiger partial charge in [-0.2, -0.15) is 0 Å². The van der Waals surface area contributed by atoms with Gasteiger partial charge in [-0.3, -0.25) is 19.3 Å².